The van der Waals surface area contributed by atoms with E-state index >= 15 is 0 Å². The third-order valence-corrected chi connectivity index (χ3v) is 2.13. The quantitative estimate of drug-likeness (QED) is 0.643. The van der Waals surface area contributed by atoms with Gasteiger partial charge in [0.15, 0.2) is 0 Å². The number of carboxylic acids is 1. The summed E-state index contributed by atoms with van der Waals surface area (Å²) in [6, 6.07) is -0.870. The van der Waals surface area contributed by atoms with E-state index in [0.29, 0.717) is 0 Å². The second-order valence-electron chi connectivity index (χ2n) is 3.18. The Balaban J connectivity index is 2.11. The molecule has 0 aliphatic heterocycles. The summed E-state index contributed by atoms with van der Waals surface area (Å²) in [5.41, 5.74) is 5.27. The van der Waals surface area contributed by atoms with Gasteiger partial charge >= 0.3 is 5.97 Å². The molecule has 1 aliphatic carbocycles. The normalized spacial score (nSPS) is 21.1. The second-order valence-corrected chi connectivity index (χ2v) is 3.18. The molecule has 3 N–H and O–H groups in total. The summed E-state index contributed by atoms with van der Waals surface area (Å²) in [6.45, 7) is 0.139. The first-order chi connectivity index (χ1) is 5.70. The van der Waals surface area contributed by atoms with Crippen LogP contribution in [-0.2, 0) is 9.53 Å². The fraction of sp³-hybridized carbons (Fsp3) is 0.875. The van der Waals surface area contributed by atoms with Crippen LogP contribution in [0.25, 0.3) is 0 Å². The van der Waals surface area contributed by atoms with Gasteiger partial charge in [-0.3, -0.25) is 4.79 Å². The molecule has 0 aromatic rings. The fourth-order valence-corrected chi connectivity index (χ4v) is 1.37. The zero-order chi connectivity index (χ0) is 8.97. The molecule has 0 spiro atoms. The molecule has 0 saturated heterocycles. The Kier molecular flexibility index (Phi) is 3.49. The van der Waals surface area contributed by atoms with E-state index in [9.17, 15) is 4.79 Å². The molecule has 0 amide bonds. The molecule has 0 heterocycles. The van der Waals surface area contributed by atoms with Crippen molar-refractivity contribution in [3.63, 3.8) is 0 Å². The molecule has 0 aromatic heterocycles. The van der Waals surface area contributed by atoms with E-state index in [4.69, 9.17) is 15.6 Å². The predicted octanol–water partition coefficient (Wildman–Crippen LogP) is 0.357. The van der Waals surface area contributed by atoms with E-state index in [1.165, 1.54) is 12.8 Å². The van der Waals surface area contributed by atoms with Crippen molar-refractivity contribution in [2.75, 3.05) is 6.61 Å². The van der Waals surface area contributed by atoms with E-state index in [0.717, 1.165) is 12.8 Å². The van der Waals surface area contributed by atoms with Gasteiger partial charge in [-0.2, -0.15) is 0 Å². The van der Waals surface area contributed by atoms with Crippen molar-refractivity contribution >= 4 is 5.97 Å². The smallest absolute Gasteiger partial charge is 0.322 e. The van der Waals surface area contributed by atoms with E-state index in [-0.39, 0.29) is 12.7 Å². The molecule has 0 aromatic carbocycles. The first-order valence-electron chi connectivity index (χ1n) is 4.30. The van der Waals surface area contributed by atoms with Gasteiger partial charge in [-0.15, -0.1) is 0 Å². The monoisotopic (exact) mass is 173 g/mol. The average molecular weight is 173 g/mol. The first-order valence-corrected chi connectivity index (χ1v) is 4.30. The second kappa shape index (κ2) is 4.42. The van der Waals surface area contributed by atoms with Crippen LogP contribution in [-0.4, -0.2) is 29.8 Å². The molecular weight excluding hydrogens is 158 g/mol. The van der Waals surface area contributed by atoms with Crippen LogP contribution in [0.15, 0.2) is 0 Å². The molecule has 1 saturated carbocycles. The van der Waals surface area contributed by atoms with Crippen LogP contribution in [0.4, 0.5) is 0 Å². The van der Waals surface area contributed by atoms with Gasteiger partial charge < -0.3 is 15.6 Å². The highest BCUT2D eigenvalue weighted by Gasteiger charge is 2.18. The number of carboxylic acid groups (broad SMARTS) is 1. The third kappa shape index (κ3) is 2.79. The fourth-order valence-electron chi connectivity index (χ4n) is 1.37. The Morgan fingerprint density at radius 2 is 2.17 bits per heavy atom. The highest BCUT2D eigenvalue weighted by atomic mass is 16.5. The van der Waals surface area contributed by atoms with Crippen molar-refractivity contribution in [3.8, 4) is 0 Å². The molecule has 4 nitrogen and oxygen atoms in total. The van der Waals surface area contributed by atoms with Crippen LogP contribution in [0, 0.1) is 0 Å². The number of carbonyl (C=O) groups is 1. The number of hydrogen-bond acceptors (Lipinski definition) is 3. The minimum Gasteiger partial charge on any atom is -0.480 e. The summed E-state index contributed by atoms with van der Waals surface area (Å²) in [5.74, 6) is -0.993. The highest BCUT2D eigenvalue weighted by Crippen LogP contribution is 2.20. The Hall–Kier alpha value is -0.610. The molecule has 1 fully saturated rings. The van der Waals surface area contributed by atoms with E-state index in [1.807, 2.05) is 0 Å². The number of nitrogens with two attached hydrogens (primary N) is 1. The lowest BCUT2D eigenvalue weighted by atomic mass is 10.3. The standard InChI is InChI=1S/C8H15NO3/c9-7(8(10)11)5-12-6-3-1-2-4-6/h6-7H,1-5,9H2,(H,10,11)/t7-/m1/s1. The zero-order valence-corrected chi connectivity index (χ0v) is 7.03. The van der Waals surface area contributed by atoms with Crippen LogP contribution in [0.3, 0.4) is 0 Å². The summed E-state index contributed by atoms with van der Waals surface area (Å²) in [6.07, 6.45) is 4.72. The van der Waals surface area contributed by atoms with Gasteiger partial charge in [-0.05, 0) is 12.8 Å². The molecule has 70 valence electrons. The van der Waals surface area contributed by atoms with Crippen molar-refractivity contribution in [3.05, 3.63) is 0 Å². The molecule has 0 unspecified atom stereocenters. The molecule has 0 bridgehead atoms. The van der Waals surface area contributed by atoms with Crippen LogP contribution in [0.2, 0.25) is 0 Å². The van der Waals surface area contributed by atoms with Crippen molar-refractivity contribution in [2.45, 2.75) is 37.8 Å². The topological polar surface area (TPSA) is 72.5 Å². The third-order valence-electron chi connectivity index (χ3n) is 2.13. The zero-order valence-electron chi connectivity index (χ0n) is 7.03. The molecule has 0 radical (unpaired) electrons. The summed E-state index contributed by atoms with van der Waals surface area (Å²) < 4.78 is 5.32. The van der Waals surface area contributed by atoms with E-state index < -0.39 is 12.0 Å². The van der Waals surface area contributed by atoms with Gasteiger partial charge in [0.2, 0.25) is 0 Å². The van der Waals surface area contributed by atoms with Gasteiger partial charge in [-0.25, -0.2) is 0 Å². The first kappa shape index (κ1) is 9.48. The Morgan fingerprint density at radius 3 is 2.67 bits per heavy atom. The highest BCUT2D eigenvalue weighted by molar-refractivity contribution is 5.73. The minimum absolute atomic E-state index is 0.139. The number of aliphatic carboxylic acids is 1. The van der Waals surface area contributed by atoms with Gasteiger partial charge in [0, 0.05) is 0 Å². The van der Waals surface area contributed by atoms with Gasteiger partial charge in [0.25, 0.3) is 0 Å². The molecule has 1 rings (SSSR count). The van der Waals surface area contributed by atoms with Gasteiger partial charge in [-0.1, -0.05) is 12.8 Å². The number of ether oxygens (including phenoxy) is 1. The largest absolute Gasteiger partial charge is 0.480 e. The summed E-state index contributed by atoms with van der Waals surface area (Å²) in [5, 5.41) is 8.45. The summed E-state index contributed by atoms with van der Waals surface area (Å²) in [7, 11) is 0. The maximum absolute atomic E-state index is 10.3. The Labute approximate surface area is 71.7 Å². The summed E-state index contributed by atoms with van der Waals surface area (Å²) in [4.78, 5) is 10.3. The van der Waals surface area contributed by atoms with E-state index in [2.05, 4.69) is 0 Å². The lowest BCUT2D eigenvalue weighted by molar-refractivity contribution is -0.140. The van der Waals surface area contributed by atoms with Crippen molar-refractivity contribution in [2.24, 2.45) is 5.73 Å². The van der Waals surface area contributed by atoms with Crippen LogP contribution in [0.1, 0.15) is 25.7 Å². The van der Waals surface area contributed by atoms with Gasteiger partial charge in [0.1, 0.15) is 6.04 Å². The lowest BCUT2D eigenvalue weighted by Crippen LogP contribution is -2.36. The lowest BCUT2D eigenvalue weighted by Gasteiger charge is -2.12. The average Bonchev–Trinajstić information content (AvgIpc) is 2.51. The predicted molar refractivity (Wildman–Crippen MR) is 43.8 cm³/mol. The van der Waals surface area contributed by atoms with E-state index in [1.54, 1.807) is 0 Å². The molecule has 12 heavy (non-hydrogen) atoms. The Bertz CT molecular complexity index is 154. The van der Waals surface area contributed by atoms with Crippen molar-refractivity contribution < 1.29 is 14.6 Å². The summed E-state index contributed by atoms with van der Waals surface area (Å²) >= 11 is 0. The van der Waals surface area contributed by atoms with Crippen LogP contribution < -0.4 is 5.73 Å². The molecule has 1 atom stereocenters. The van der Waals surface area contributed by atoms with Crippen molar-refractivity contribution in [1.82, 2.24) is 0 Å². The van der Waals surface area contributed by atoms with Crippen LogP contribution in [0.5, 0.6) is 0 Å². The number of rotatable bonds is 4. The maximum atomic E-state index is 10.3. The maximum Gasteiger partial charge on any atom is 0.322 e. The SMILES string of the molecule is N[C@H](COC1CCCC1)C(=O)O. The minimum atomic E-state index is -0.993. The number of hydrogen-bond donors (Lipinski definition) is 2. The molecular formula is C8H15NO3. The van der Waals surface area contributed by atoms with Crippen LogP contribution >= 0.6 is 0 Å². The molecule has 4 heteroatoms. The Morgan fingerprint density at radius 1 is 1.58 bits per heavy atom. The van der Waals surface area contributed by atoms with Gasteiger partial charge in [0.05, 0.1) is 12.7 Å². The van der Waals surface area contributed by atoms with Crippen molar-refractivity contribution in [1.29, 1.82) is 0 Å². The molecule has 1 aliphatic rings.